The van der Waals surface area contributed by atoms with Crippen molar-refractivity contribution in [2.75, 3.05) is 24.6 Å². The van der Waals surface area contributed by atoms with E-state index in [2.05, 4.69) is 12.2 Å². The van der Waals surface area contributed by atoms with Crippen LogP contribution in [0.2, 0.25) is 0 Å². The Balaban J connectivity index is 1.63. The molecule has 0 aromatic rings. The number of piperidine rings is 1. The van der Waals surface area contributed by atoms with Crippen molar-refractivity contribution < 1.29 is 18.0 Å². The Morgan fingerprint density at radius 1 is 1.23 bits per heavy atom. The largest absolute Gasteiger partial charge is 0.351 e. The van der Waals surface area contributed by atoms with E-state index in [1.54, 1.807) is 0 Å². The van der Waals surface area contributed by atoms with Crippen LogP contribution in [0.1, 0.15) is 39.0 Å². The van der Waals surface area contributed by atoms with Gasteiger partial charge in [0.05, 0.1) is 11.5 Å². The lowest BCUT2D eigenvalue weighted by Gasteiger charge is -2.33. The third kappa shape index (κ3) is 3.00. The highest BCUT2D eigenvalue weighted by Gasteiger charge is 2.58. The number of hydrogen-bond acceptors (Lipinski definition) is 4. The minimum Gasteiger partial charge on any atom is -0.351 e. The molecule has 1 aliphatic carbocycles. The number of nitrogens with zero attached hydrogens (tertiary/aromatic N) is 1. The molecule has 2 saturated heterocycles. The quantitative estimate of drug-likeness (QED) is 0.757. The first-order chi connectivity index (χ1) is 10.3. The zero-order chi connectivity index (χ0) is 16.0. The minimum atomic E-state index is -3.02. The van der Waals surface area contributed by atoms with Gasteiger partial charge >= 0.3 is 0 Å². The molecule has 0 aromatic carbocycles. The summed E-state index contributed by atoms with van der Waals surface area (Å²) in [5, 5.41) is 2.80. The number of rotatable bonds is 3. The molecule has 0 aromatic heterocycles. The maximum atomic E-state index is 12.7. The van der Waals surface area contributed by atoms with E-state index in [1.807, 2.05) is 4.90 Å². The number of amides is 2. The van der Waals surface area contributed by atoms with Crippen molar-refractivity contribution in [1.82, 2.24) is 10.2 Å². The lowest BCUT2D eigenvalue weighted by molar-refractivity contribution is -0.145. The summed E-state index contributed by atoms with van der Waals surface area (Å²) in [6.07, 6.45) is 3.75. The number of carbonyl (C=O) groups excluding carboxylic acids is 2. The smallest absolute Gasteiger partial charge is 0.238 e. The molecule has 7 heteroatoms. The lowest BCUT2D eigenvalue weighted by Crippen LogP contribution is -2.50. The molecule has 2 amide bonds. The third-order valence-electron chi connectivity index (χ3n) is 5.11. The fraction of sp³-hybridized carbons (Fsp3) is 0.867. The van der Waals surface area contributed by atoms with Crippen molar-refractivity contribution in [2.24, 2.45) is 11.3 Å². The summed E-state index contributed by atoms with van der Waals surface area (Å²) in [6, 6.07) is -0.331. The first-order valence-electron chi connectivity index (χ1n) is 8.13. The van der Waals surface area contributed by atoms with Gasteiger partial charge in [-0.15, -0.1) is 0 Å². The summed E-state index contributed by atoms with van der Waals surface area (Å²) in [6.45, 7) is 3.59. The fourth-order valence-electron chi connectivity index (χ4n) is 3.57. The predicted molar refractivity (Wildman–Crippen MR) is 81.8 cm³/mol. The molecule has 2 atom stereocenters. The van der Waals surface area contributed by atoms with Crippen LogP contribution >= 0.6 is 0 Å². The molecule has 3 fully saturated rings. The second-order valence-electron chi connectivity index (χ2n) is 7.15. The van der Waals surface area contributed by atoms with Crippen molar-refractivity contribution >= 4 is 21.7 Å². The van der Waals surface area contributed by atoms with Gasteiger partial charge in [-0.2, -0.15) is 0 Å². The van der Waals surface area contributed by atoms with Crippen molar-refractivity contribution in [1.29, 1.82) is 0 Å². The number of hydrogen-bond donors (Lipinski definition) is 1. The Labute approximate surface area is 131 Å². The van der Waals surface area contributed by atoms with Gasteiger partial charge in [0.2, 0.25) is 11.8 Å². The summed E-state index contributed by atoms with van der Waals surface area (Å²) in [7, 11) is -3.02. The van der Waals surface area contributed by atoms with Gasteiger partial charge in [0.25, 0.3) is 0 Å². The summed E-state index contributed by atoms with van der Waals surface area (Å²) in [5.41, 5.74) is -0.913. The van der Waals surface area contributed by atoms with Crippen LogP contribution in [0.25, 0.3) is 0 Å². The van der Waals surface area contributed by atoms with E-state index >= 15 is 0 Å². The Morgan fingerprint density at radius 3 is 2.50 bits per heavy atom. The first-order valence-corrected chi connectivity index (χ1v) is 9.95. The average Bonchev–Trinajstić information content (AvgIpc) is 3.19. The number of carbonyl (C=O) groups is 2. The molecule has 22 heavy (non-hydrogen) atoms. The van der Waals surface area contributed by atoms with E-state index in [0.29, 0.717) is 25.2 Å². The number of likely N-dealkylation sites (tertiary alicyclic amines) is 1. The molecule has 124 valence electrons. The topological polar surface area (TPSA) is 83.6 Å². The fourth-order valence-corrected chi connectivity index (χ4v) is 5.25. The second-order valence-corrected chi connectivity index (χ2v) is 9.38. The lowest BCUT2D eigenvalue weighted by atomic mass is 9.96. The van der Waals surface area contributed by atoms with E-state index < -0.39 is 15.3 Å². The SMILES string of the molecule is CC1CCCN(C(=O)C2(C(=O)NC3CCS(=O)(=O)C3)CC2)C1. The Bertz CT molecular complexity index is 582. The predicted octanol–water partition coefficient (Wildman–Crippen LogP) is 0.328. The van der Waals surface area contributed by atoms with Gasteiger partial charge in [0.1, 0.15) is 5.41 Å². The molecule has 3 aliphatic rings. The van der Waals surface area contributed by atoms with Crippen LogP contribution in [0.15, 0.2) is 0 Å². The molecule has 2 heterocycles. The molecule has 2 unspecified atom stereocenters. The van der Waals surface area contributed by atoms with Crippen LogP contribution in [-0.4, -0.2) is 55.8 Å². The molecule has 0 spiro atoms. The van der Waals surface area contributed by atoms with Gasteiger partial charge in [0.15, 0.2) is 9.84 Å². The molecule has 0 radical (unpaired) electrons. The molecular formula is C15H24N2O4S. The number of sulfone groups is 1. The highest BCUT2D eigenvalue weighted by molar-refractivity contribution is 7.91. The van der Waals surface area contributed by atoms with Crippen molar-refractivity contribution in [2.45, 2.75) is 45.1 Å². The molecule has 1 saturated carbocycles. The average molecular weight is 328 g/mol. The van der Waals surface area contributed by atoms with E-state index in [0.717, 1.165) is 25.9 Å². The van der Waals surface area contributed by atoms with Crippen LogP contribution in [-0.2, 0) is 19.4 Å². The Hall–Kier alpha value is -1.11. The van der Waals surface area contributed by atoms with E-state index in [4.69, 9.17) is 0 Å². The van der Waals surface area contributed by atoms with Crippen LogP contribution in [0.5, 0.6) is 0 Å². The van der Waals surface area contributed by atoms with Crippen LogP contribution in [0.4, 0.5) is 0 Å². The Kier molecular flexibility index (Phi) is 3.95. The molecule has 1 N–H and O–H groups in total. The van der Waals surface area contributed by atoms with Crippen molar-refractivity contribution in [3.05, 3.63) is 0 Å². The normalized spacial score (nSPS) is 32.5. The summed E-state index contributed by atoms with van der Waals surface area (Å²) in [5.74, 6) is 0.290. The second kappa shape index (κ2) is 5.51. The van der Waals surface area contributed by atoms with Crippen LogP contribution in [0, 0.1) is 11.3 Å². The van der Waals surface area contributed by atoms with Gasteiger partial charge in [0, 0.05) is 19.1 Å². The van der Waals surface area contributed by atoms with E-state index in [9.17, 15) is 18.0 Å². The zero-order valence-electron chi connectivity index (χ0n) is 13.0. The molecule has 2 aliphatic heterocycles. The number of nitrogens with one attached hydrogen (secondary N) is 1. The van der Waals surface area contributed by atoms with Gasteiger partial charge in [-0.3, -0.25) is 9.59 Å². The van der Waals surface area contributed by atoms with Gasteiger partial charge in [-0.1, -0.05) is 6.92 Å². The molecular weight excluding hydrogens is 304 g/mol. The zero-order valence-corrected chi connectivity index (χ0v) is 13.8. The Morgan fingerprint density at radius 2 is 1.95 bits per heavy atom. The van der Waals surface area contributed by atoms with Crippen molar-refractivity contribution in [3.63, 3.8) is 0 Å². The maximum Gasteiger partial charge on any atom is 0.238 e. The summed E-state index contributed by atoms with van der Waals surface area (Å²) < 4.78 is 23.0. The third-order valence-corrected chi connectivity index (χ3v) is 6.87. The highest BCUT2D eigenvalue weighted by atomic mass is 32.2. The van der Waals surface area contributed by atoms with Gasteiger partial charge < -0.3 is 10.2 Å². The van der Waals surface area contributed by atoms with Gasteiger partial charge in [-0.25, -0.2) is 8.42 Å². The van der Waals surface area contributed by atoms with Crippen LogP contribution in [0.3, 0.4) is 0 Å². The molecule has 3 rings (SSSR count). The standard InChI is InChI=1S/C15H24N2O4S/c1-11-3-2-7-17(9-11)14(19)15(5-6-15)13(18)16-12-4-8-22(20,21)10-12/h11-12H,2-10H2,1H3,(H,16,18). The van der Waals surface area contributed by atoms with Crippen molar-refractivity contribution in [3.8, 4) is 0 Å². The van der Waals surface area contributed by atoms with Crippen LogP contribution < -0.4 is 5.32 Å². The van der Waals surface area contributed by atoms with E-state index in [-0.39, 0.29) is 29.4 Å². The molecule has 6 nitrogen and oxygen atoms in total. The van der Waals surface area contributed by atoms with E-state index in [1.165, 1.54) is 0 Å². The highest BCUT2D eigenvalue weighted by Crippen LogP contribution is 2.48. The minimum absolute atomic E-state index is 0.00373. The summed E-state index contributed by atoms with van der Waals surface area (Å²) in [4.78, 5) is 27.0. The maximum absolute atomic E-state index is 12.7. The van der Waals surface area contributed by atoms with Gasteiger partial charge in [-0.05, 0) is 38.0 Å². The first kappa shape index (κ1) is 15.8. The summed E-state index contributed by atoms with van der Waals surface area (Å²) >= 11 is 0. The monoisotopic (exact) mass is 328 g/mol. The molecule has 0 bridgehead atoms.